The summed E-state index contributed by atoms with van der Waals surface area (Å²) in [6.45, 7) is 5.46. The van der Waals surface area contributed by atoms with Crippen LogP contribution in [0.5, 0.6) is 0 Å². The lowest BCUT2D eigenvalue weighted by Gasteiger charge is -2.20. The maximum Gasteiger partial charge on any atom is 0.305 e. The first-order valence-corrected chi connectivity index (χ1v) is 13.8. The standard InChI is InChI=1S/C29H30N4O5S/c1-19-12-20(2)29(21(3)13-19)39(37,38)32-26(16-28(35)36)24-8-4-6-22(14-24)23-7-5-9-25(15-23)31-27(34)17-33-11-10-30-18-33/h4-15,18,26,32H,16-17H2,1-3H3,(H,31,34)(H,35,36). The van der Waals surface area contributed by atoms with Crippen molar-refractivity contribution in [2.45, 2.75) is 44.7 Å². The lowest BCUT2D eigenvalue weighted by Crippen LogP contribution is -2.31. The van der Waals surface area contributed by atoms with E-state index in [1.54, 1.807) is 85.7 Å². The van der Waals surface area contributed by atoms with Crippen LogP contribution in [-0.4, -0.2) is 35.0 Å². The van der Waals surface area contributed by atoms with Gasteiger partial charge < -0.3 is 15.0 Å². The molecule has 39 heavy (non-hydrogen) atoms. The molecule has 202 valence electrons. The predicted octanol–water partition coefficient (Wildman–Crippen LogP) is 4.61. The number of imidazole rings is 1. The van der Waals surface area contributed by atoms with Gasteiger partial charge in [0.1, 0.15) is 6.54 Å². The molecule has 0 aliphatic rings. The highest BCUT2D eigenvalue weighted by molar-refractivity contribution is 7.89. The summed E-state index contributed by atoms with van der Waals surface area (Å²) in [6, 6.07) is 16.9. The molecule has 4 aromatic rings. The second kappa shape index (κ2) is 11.6. The van der Waals surface area contributed by atoms with E-state index < -0.39 is 28.5 Å². The van der Waals surface area contributed by atoms with Gasteiger partial charge in [0, 0.05) is 18.1 Å². The Kier molecular flexibility index (Phi) is 8.27. The number of aliphatic carboxylic acids is 1. The van der Waals surface area contributed by atoms with Crippen molar-refractivity contribution in [3.05, 3.63) is 102 Å². The fourth-order valence-corrected chi connectivity index (χ4v) is 6.37. The summed E-state index contributed by atoms with van der Waals surface area (Å²) >= 11 is 0. The predicted molar refractivity (Wildman–Crippen MR) is 149 cm³/mol. The fourth-order valence-electron chi connectivity index (χ4n) is 4.70. The molecule has 3 N–H and O–H groups in total. The minimum atomic E-state index is -4.02. The Morgan fingerprint density at radius 2 is 1.64 bits per heavy atom. The van der Waals surface area contributed by atoms with Crippen LogP contribution in [0.4, 0.5) is 5.69 Å². The van der Waals surface area contributed by atoms with Crippen LogP contribution >= 0.6 is 0 Å². The van der Waals surface area contributed by atoms with E-state index in [0.717, 1.165) is 16.7 Å². The molecule has 0 saturated carbocycles. The zero-order chi connectivity index (χ0) is 28.2. The van der Waals surface area contributed by atoms with E-state index in [0.29, 0.717) is 22.4 Å². The van der Waals surface area contributed by atoms with Gasteiger partial charge in [-0.3, -0.25) is 9.59 Å². The first-order chi connectivity index (χ1) is 18.5. The third-order valence-electron chi connectivity index (χ3n) is 6.20. The topological polar surface area (TPSA) is 130 Å². The second-order valence-corrected chi connectivity index (χ2v) is 11.1. The number of anilines is 1. The minimum Gasteiger partial charge on any atom is -0.481 e. The number of aryl methyl sites for hydroxylation is 3. The molecule has 0 aliphatic heterocycles. The molecule has 0 spiro atoms. The molecule has 4 rings (SSSR count). The van der Waals surface area contributed by atoms with Gasteiger partial charge in [-0.25, -0.2) is 18.1 Å². The highest BCUT2D eigenvalue weighted by Gasteiger charge is 2.26. The first-order valence-electron chi connectivity index (χ1n) is 12.3. The Labute approximate surface area is 227 Å². The number of hydrogen-bond acceptors (Lipinski definition) is 5. The summed E-state index contributed by atoms with van der Waals surface area (Å²) in [7, 11) is -4.02. The van der Waals surface area contributed by atoms with Gasteiger partial charge in [-0.15, -0.1) is 0 Å². The Morgan fingerprint density at radius 1 is 0.974 bits per heavy atom. The number of rotatable bonds is 10. The fraction of sp³-hybridized carbons (Fsp3) is 0.207. The van der Waals surface area contributed by atoms with Crippen LogP contribution in [0.1, 0.15) is 34.7 Å². The summed E-state index contributed by atoms with van der Waals surface area (Å²) in [5, 5.41) is 12.4. The average molecular weight is 547 g/mol. The number of carboxylic acid groups (broad SMARTS) is 1. The van der Waals surface area contributed by atoms with Gasteiger partial charge in [0.2, 0.25) is 15.9 Å². The van der Waals surface area contributed by atoms with E-state index in [2.05, 4.69) is 15.0 Å². The molecule has 0 bridgehead atoms. The number of nitrogens with zero attached hydrogens (tertiary/aromatic N) is 2. The molecule has 10 heteroatoms. The van der Waals surface area contributed by atoms with Gasteiger partial charge in [-0.1, -0.05) is 48.0 Å². The van der Waals surface area contributed by atoms with Gasteiger partial charge in [0.15, 0.2) is 0 Å². The molecule has 1 heterocycles. The van der Waals surface area contributed by atoms with Crippen molar-refractivity contribution in [2.24, 2.45) is 0 Å². The molecule has 1 atom stereocenters. The van der Waals surface area contributed by atoms with Crippen LogP contribution in [0.25, 0.3) is 11.1 Å². The number of benzene rings is 3. The Balaban J connectivity index is 1.61. The van der Waals surface area contributed by atoms with E-state index in [9.17, 15) is 23.1 Å². The van der Waals surface area contributed by atoms with Crippen LogP contribution in [0.15, 0.2) is 84.3 Å². The number of nitrogens with one attached hydrogen (secondary N) is 2. The van der Waals surface area contributed by atoms with Crippen molar-refractivity contribution in [1.82, 2.24) is 14.3 Å². The lowest BCUT2D eigenvalue weighted by molar-refractivity contribution is -0.137. The largest absolute Gasteiger partial charge is 0.481 e. The van der Waals surface area contributed by atoms with Crippen molar-refractivity contribution < 1.29 is 23.1 Å². The van der Waals surface area contributed by atoms with Crippen molar-refractivity contribution in [3.8, 4) is 11.1 Å². The number of carbonyl (C=O) groups is 2. The molecular weight excluding hydrogens is 516 g/mol. The van der Waals surface area contributed by atoms with Gasteiger partial charge in [0.25, 0.3) is 0 Å². The average Bonchev–Trinajstić information content (AvgIpc) is 3.35. The zero-order valence-electron chi connectivity index (χ0n) is 21.9. The maximum absolute atomic E-state index is 13.4. The quantitative estimate of drug-likeness (QED) is 0.266. The number of hydrogen-bond donors (Lipinski definition) is 3. The van der Waals surface area contributed by atoms with Gasteiger partial charge in [0.05, 0.1) is 23.7 Å². The number of carbonyl (C=O) groups excluding carboxylic acids is 1. The minimum absolute atomic E-state index is 0.122. The van der Waals surface area contributed by atoms with Gasteiger partial charge >= 0.3 is 5.97 Å². The monoisotopic (exact) mass is 546 g/mol. The Bertz CT molecular complexity index is 1590. The summed E-state index contributed by atoms with van der Waals surface area (Å²) in [5.74, 6) is -1.34. The normalized spacial score (nSPS) is 12.2. The Hall–Kier alpha value is -4.28. The SMILES string of the molecule is Cc1cc(C)c(S(=O)(=O)NC(CC(=O)O)c2cccc(-c3cccc(NC(=O)Cn4ccnc4)c3)c2)c(C)c1. The zero-order valence-corrected chi connectivity index (χ0v) is 22.7. The number of amides is 1. The summed E-state index contributed by atoms with van der Waals surface area (Å²) < 4.78 is 31.1. The molecule has 3 aromatic carbocycles. The van der Waals surface area contributed by atoms with Crippen LogP contribution in [0.2, 0.25) is 0 Å². The van der Waals surface area contributed by atoms with E-state index in [1.807, 2.05) is 19.1 Å². The molecule has 0 radical (unpaired) electrons. The number of sulfonamides is 1. The highest BCUT2D eigenvalue weighted by atomic mass is 32.2. The molecule has 0 aliphatic carbocycles. The van der Waals surface area contributed by atoms with Gasteiger partial charge in [-0.05, 0) is 66.8 Å². The van der Waals surface area contributed by atoms with Crippen molar-refractivity contribution in [2.75, 3.05) is 5.32 Å². The van der Waals surface area contributed by atoms with Crippen LogP contribution in [-0.2, 0) is 26.2 Å². The van der Waals surface area contributed by atoms with E-state index in [1.165, 1.54) is 0 Å². The second-order valence-electron chi connectivity index (χ2n) is 9.49. The highest BCUT2D eigenvalue weighted by Crippen LogP contribution is 2.29. The lowest BCUT2D eigenvalue weighted by atomic mass is 9.98. The van der Waals surface area contributed by atoms with Crippen molar-refractivity contribution in [3.63, 3.8) is 0 Å². The summed E-state index contributed by atoms with van der Waals surface area (Å²) in [4.78, 5) is 28.2. The molecule has 0 fully saturated rings. The van der Waals surface area contributed by atoms with Gasteiger partial charge in [-0.2, -0.15) is 0 Å². The molecule has 9 nitrogen and oxygen atoms in total. The van der Waals surface area contributed by atoms with Crippen LogP contribution in [0, 0.1) is 20.8 Å². The summed E-state index contributed by atoms with van der Waals surface area (Å²) in [6.07, 6.45) is 4.42. The summed E-state index contributed by atoms with van der Waals surface area (Å²) in [5.41, 5.74) is 4.75. The smallest absolute Gasteiger partial charge is 0.305 e. The molecule has 1 aromatic heterocycles. The van der Waals surface area contributed by atoms with Crippen molar-refractivity contribution in [1.29, 1.82) is 0 Å². The molecular formula is C29H30N4O5S. The number of carboxylic acids is 1. The molecule has 1 unspecified atom stereocenters. The third-order valence-corrected chi connectivity index (χ3v) is 7.98. The Morgan fingerprint density at radius 3 is 2.28 bits per heavy atom. The number of aromatic nitrogens is 2. The molecule has 1 amide bonds. The molecule has 0 saturated heterocycles. The third kappa shape index (κ3) is 6.98. The van der Waals surface area contributed by atoms with E-state index in [4.69, 9.17) is 0 Å². The maximum atomic E-state index is 13.4. The van der Waals surface area contributed by atoms with E-state index in [-0.39, 0.29) is 17.3 Å². The van der Waals surface area contributed by atoms with Crippen LogP contribution < -0.4 is 10.0 Å². The van der Waals surface area contributed by atoms with Crippen molar-refractivity contribution >= 4 is 27.6 Å². The van der Waals surface area contributed by atoms with E-state index >= 15 is 0 Å². The van der Waals surface area contributed by atoms with Crippen LogP contribution in [0.3, 0.4) is 0 Å². The first kappa shape index (κ1) is 27.7.